The smallest absolute Gasteiger partial charge is 0.322 e. The average Bonchev–Trinajstić information content (AvgIpc) is 2.53. The van der Waals surface area contributed by atoms with Gasteiger partial charge in [-0.2, -0.15) is 0 Å². The molecule has 6 heteroatoms. The summed E-state index contributed by atoms with van der Waals surface area (Å²) in [7, 11) is 0. The van der Waals surface area contributed by atoms with Crippen LogP contribution in [-0.4, -0.2) is 36.1 Å². The van der Waals surface area contributed by atoms with Crippen molar-refractivity contribution in [2.75, 3.05) is 13.2 Å². The summed E-state index contributed by atoms with van der Waals surface area (Å²) in [6, 6.07) is 4.64. The zero-order valence-corrected chi connectivity index (χ0v) is 14.2. The first kappa shape index (κ1) is 19.1. The van der Waals surface area contributed by atoms with Crippen molar-refractivity contribution in [1.29, 1.82) is 0 Å². The number of carbonyl (C=O) groups excluding carboxylic acids is 2. The highest BCUT2D eigenvalue weighted by molar-refractivity contribution is 5.92. The number of ether oxygens (including phenoxy) is 1. The molecule has 1 heterocycles. The van der Waals surface area contributed by atoms with Gasteiger partial charge in [-0.05, 0) is 43.7 Å². The van der Waals surface area contributed by atoms with E-state index in [0.717, 1.165) is 12.8 Å². The highest BCUT2D eigenvalue weighted by Crippen LogP contribution is 2.26. The third-order valence-corrected chi connectivity index (χ3v) is 3.71. The first-order valence-electron chi connectivity index (χ1n) is 7.97. The van der Waals surface area contributed by atoms with Gasteiger partial charge in [0.25, 0.3) is 5.91 Å². The molecule has 1 rings (SSSR count). The summed E-state index contributed by atoms with van der Waals surface area (Å²) in [5.74, 6) is -0.531. The third kappa shape index (κ3) is 7.23. The van der Waals surface area contributed by atoms with Crippen molar-refractivity contribution in [2.24, 2.45) is 11.1 Å². The maximum absolute atomic E-state index is 11.9. The van der Waals surface area contributed by atoms with Crippen molar-refractivity contribution in [3.8, 4) is 0 Å². The van der Waals surface area contributed by atoms with Crippen LogP contribution in [0.5, 0.6) is 0 Å². The number of nitrogens with zero attached hydrogens (tertiary/aromatic N) is 1. The molecule has 0 unspecified atom stereocenters. The van der Waals surface area contributed by atoms with Crippen molar-refractivity contribution < 1.29 is 14.3 Å². The molecule has 3 N–H and O–H groups in total. The lowest BCUT2D eigenvalue weighted by Crippen LogP contribution is -2.34. The van der Waals surface area contributed by atoms with Gasteiger partial charge in [0.1, 0.15) is 11.7 Å². The Labute approximate surface area is 137 Å². The summed E-state index contributed by atoms with van der Waals surface area (Å²) in [4.78, 5) is 27.4. The molecule has 0 aliphatic carbocycles. The van der Waals surface area contributed by atoms with Gasteiger partial charge in [-0.15, -0.1) is 0 Å². The van der Waals surface area contributed by atoms with Gasteiger partial charge in [0.2, 0.25) is 0 Å². The maximum atomic E-state index is 11.9. The molecule has 1 amide bonds. The van der Waals surface area contributed by atoms with Crippen LogP contribution in [0.15, 0.2) is 24.4 Å². The van der Waals surface area contributed by atoms with Gasteiger partial charge in [0.05, 0.1) is 6.61 Å². The molecule has 0 saturated carbocycles. The van der Waals surface area contributed by atoms with Gasteiger partial charge in [0.15, 0.2) is 0 Å². The van der Waals surface area contributed by atoms with Gasteiger partial charge < -0.3 is 15.8 Å². The maximum Gasteiger partial charge on any atom is 0.322 e. The monoisotopic (exact) mass is 321 g/mol. The van der Waals surface area contributed by atoms with Crippen molar-refractivity contribution >= 4 is 11.9 Å². The molecule has 0 fully saturated rings. The summed E-state index contributed by atoms with van der Waals surface area (Å²) in [6.45, 7) is 6.85. The third-order valence-electron chi connectivity index (χ3n) is 3.71. The highest BCUT2D eigenvalue weighted by atomic mass is 16.5. The van der Waals surface area contributed by atoms with Gasteiger partial charge in [0, 0.05) is 12.7 Å². The molecule has 0 aliphatic rings. The SMILES string of the molecule is CCOC(=O)[C@H](N)CCC(C)(C)CCNC(=O)c1ccccn1. The minimum atomic E-state index is -0.586. The Hall–Kier alpha value is -1.95. The molecule has 0 aliphatic heterocycles. The zero-order chi connectivity index (χ0) is 17.3. The number of pyridine rings is 1. The normalized spacial score (nSPS) is 12.5. The van der Waals surface area contributed by atoms with Crippen LogP contribution < -0.4 is 11.1 Å². The Morgan fingerprint density at radius 2 is 2.09 bits per heavy atom. The number of aromatic nitrogens is 1. The molecule has 23 heavy (non-hydrogen) atoms. The fourth-order valence-corrected chi connectivity index (χ4v) is 2.14. The summed E-state index contributed by atoms with van der Waals surface area (Å²) in [5, 5.41) is 2.86. The molecule has 0 bridgehead atoms. The zero-order valence-electron chi connectivity index (χ0n) is 14.2. The van der Waals surface area contributed by atoms with Crippen molar-refractivity contribution in [1.82, 2.24) is 10.3 Å². The van der Waals surface area contributed by atoms with E-state index in [4.69, 9.17) is 10.5 Å². The van der Waals surface area contributed by atoms with Crippen LogP contribution in [-0.2, 0) is 9.53 Å². The molecule has 6 nitrogen and oxygen atoms in total. The molecule has 0 radical (unpaired) electrons. The van der Waals surface area contributed by atoms with Crippen LogP contribution in [0.4, 0.5) is 0 Å². The fourth-order valence-electron chi connectivity index (χ4n) is 2.14. The van der Waals surface area contributed by atoms with E-state index < -0.39 is 6.04 Å². The Morgan fingerprint density at radius 1 is 1.35 bits per heavy atom. The van der Waals surface area contributed by atoms with E-state index in [1.807, 2.05) is 0 Å². The summed E-state index contributed by atoms with van der Waals surface area (Å²) < 4.78 is 4.90. The van der Waals surface area contributed by atoms with E-state index in [1.54, 1.807) is 31.3 Å². The number of hydrogen-bond donors (Lipinski definition) is 2. The predicted molar refractivity (Wildman–Crippen MR) is 88.8 cm³/mol. The highest BCUT2D eigenvalue weighted by Gasteiger charge is 2.22. The first-order valence-corrected chi connectivity index (χ1v) is 7.97. The van der Waals surface area contributed by atoms with Gasteiger partial charge in [-0.1, -0.05) is 19.9 Å². The van der Waals surface area contributed by atoms with Crippen LogP contribution >= 0.6 is 0 Å². The second kappa shape index (κ2) is 9.25. The minimum Gasteiger partial charge on any atom is -0.465 e. The molecule has 0 spiro atoms. The molecule has 0 aromatic carbocycles. The number of amides is 1. The molecular weight excluding hydrogens is 294 g/mol. The Kier molecular flexibility index (Phi) is 7.68. The first-order chi connectivity index (χ1) is 10.9. The Bertz CT molecular complexity index is 503. The van der Waals surface area contributed by atoms with Crippen LogP contribution in [0.1, 0.15) is 50.5 Å². The fraction of sp³-hybridized carbons (Fsp3) is 0.588. The molecule has 128 valence electrons. The summed E-state index contributed by atoms with van der Waals surface area (Å²) >= 11 is 0. The van der Waals surface area contributed by atoms with E-state index in [2.05, 4.69) is 24.1 Å². The Balaban J connectivity index is 2.32. The van der Waals surface area contributed by atoms with Crippen LogP contribution in [0, 0.1) is 5.41 Å². The van der Waals surface area contributed by atoms with E-state index in [0.29, 0.717) is 25.3 Å². The van der Waals surface area contributed by atoms with Crippen molar-refractivity contribution in [3.63, 3.8) is 0 Å². The number of esters is 1. The van der Waals surface area contributed by atoms with E-state index >= 15 is 0 Å². The number of nitrogens with two attached hydrogens (primary N) is 1. The summed E-state index contributed by atoms with van der Waals surface area (Å²) in [6.07, 6.45) is 3.74. The topological polar surface area (TPSA) is 94.3 Å². The average molecular weight is 321 g/mol. The van der Waals surface area contributed by atoms with E-state index in [1.165, 1.54) is 0 Å². The van der Waals surface area contributed by atoms with Gasteiger partial charge >= 0.3 is 5.97 Å². The Morgan fingerprint density at radius 3 is 2.70 bits per heavy atom. The van der Waals surface area contributed by atoms with Gasteiger partial charge in [-0.3, -0.25) is 14.6 Å². The molecule has 1 aromatic rings. The summed E-state index contributed by atoms with van der Waals surface area (Å²) in [5.41, 5.74) is 6.20. The van der Waals surface area contributed by atoms with Gasteiger partial charge in [-0.25, -0.2) is 0 Å². The molecule has 1 atom stereocenters. The lowest BCUT2D eigenvalue weighted by molar-refractivity contribution is -0.144. The standard InChI is InChI=1S/C17H27N3O3/c1-4-23-16(22)13(18)8-9-17(2,3)10-12-20-15(21)14-7-5-6-11-19-14/h5-7,11,13H,4,8-10,12,18H2,1-3H3,(H,20,21)/t13-/m1/s1. The molecule has 1 aromatic heterocycles. The number of nitrogens with one attached hydrogen (secondary N) is 1. The number of hydrogen-bond acceptors (Lipinski definition) is 5. The van der Waals surface area contributed by atoms with Crippen molar-refractivity contribution in [2.45, 2.75) is 46.1 Å². The predicted octanol–water partition coefficient (Wildman–Crippen LogP) is 1.90. The van der Waals surface area contributed by atoms with Crippen molar-refractivity contribution in [3.05, 3.63) is 30.1 Å². The van der Waals surface area contributed by atoms with E-state index in [9.17, 15) is 9.59 Å². The quantitative estimate of drug-likeness (QED) is 0.677. The molecule has 0 saturated heterocycles. The van der Waals surface area contributed by atoms with Crippen LogP contribution in [0.3, 0.4) is 0 Å². The number of carbonyl (C=O) groups is 2. The second-order valence-corrected chi connectivity index (χ2v) is 6.28. The largest absolute Gasteiger partial charge is 0.465 e. The van der Waals surface area contributed by atoms with E-state index in [-0.39, 0.29) is 17.3 Å². The lowest BCUT2D eigenvalue weighted by atomic mass is 9.83. The van der Waals surface area contributed by atoms with Crippen LogP contribution in [0.25, 0.3) is 0 Å². The molecular formula is C17H27N3O3. The second-order valence-electron chi connectivity index (χ2n) is 6.28. The van der Waals surface area contributed by atoms with Crippen LogP contribution in [0.2, 0.25) is 0 Å². The lowest BCUT2D eigenvalue weighted by Gasteiger charge is -2.25. The number of rotatable bonds is 9. The minimum absolute atomic E-state index is 0.0263.